The first-order valence-electron chi connectivity index (χ1n) is 5.63. The van der Waals surface area contributed by atoms with E-state index in [0.717, 1.165) is 0 Å². The van der Waals surface area contributed by atoms with Crippen molar-refractivity contribution in [2.45, 2.75) is 38.6 Å². The van der Waals surface area contributed by atoms with Crippen LogP contribution in [0, 0.1) is 6.92 Å². The summed E-state index contributed by atoms with van der Waals surface area (Å²) in [5.41, 5.74) is 2.85. The monoisotopic (exact) mass is 225 g/mol. The molecular formula is C13H20ClN. The second kappa shape index (κ2) is 6.14. The normalized spacial score (nSPS) is 20.7. The maximum Gasteiger partial charge on any atom is 0.0107 e. The van der Waals surface area contributed by atoms with Crippen molar-refractivity contribution >= 4 is 12.4 Å². The van der Waals surface area contributed by atoms with Crippen LogP contribution < -0.4 is 5.32 Å². The number of nitrogens with one attached hydrogen (secondary N) is 1. The van der Waals surface area contributed by atoms with Crippen LogP contribution in [0.5, 0.6) is 0 Å². The molecule has 0 aliphatic carbocycles. The predicted molar refractivity (Wildman–Crippen MR) is 67.8 cm³/mol. The van der Waals surface area contributed by atoms with Gasteiger partial charge in [-0.1, -0.05) is 36.2 Å². The standard InChI is InChI=1S/C13H19N.ClH/c1-11-5-4-6-12(9-11)10-13-7-2-3-8-14-13;/h4-6,9,13-14H,2-3,7-8,10H2,1H3;1H. The quantitative estimate of drug-likeness (QED) is 0.816. The van der Waals surface area contributed by atoms with Gasteiger partial charge in [-0.2, -0.15) is 0 Å². The highest BCUT2D eigenvalue weighted by Gasteiger charge is 2.12. The molecule has 1 heterocycles. The maximum atomic E-state index is 3.59. The minimum Gasteiger partial charge on any atom is -0.314 e. The first kappa shape index (κ1) is 12.5. The van der Waals surface area contributed by atoms with Crippen LogP contribution in [0.3, 0.4) is 0 Å². The van der Waals surface area contributed by atoms with E-state index in [0.29, 0.717) is 6.04 Å². The van der Waals surface area contributed by atoms with E-state index in [1.807, 2.05) is 0 Å². The van der Waals surface area contributed by atoms with E-state index in [2.05, 4.69) is 36.5 Å². The SMILES string of the molecule is Cc1cccc(CC2CCCCN2)c1.Cl. The zero-order chi connectivity index (χ0) is 9.80. The Kier molecular flexibility index (Phi) is 5.13. The molecule has 0 aromatic heterocycles. The van der Waals surface area contributed by atoms with Gasteiger partial charge in [-0.05, 0) is 38.3 Å². The van der Waals surface area contributed by atoms with Gasteiger partial charge in [0.2, 0.25) is 0 Å². The molecule has 0 saturated carbocycles. The van der Waals surface area contributed by atoms with Gasteiger partial charge >= 0.3 is 0 Å². The summed E-state index contributed by atoms with van der Waals surface area (Å²) in [7, 11) is 0. The highest BCUT2D eigenvalue weighted by Crippen LogP contribution is 2.13. The Balaban J connectivity index is 0.00000112. The van der Waals surface area contributed by atoms with E-state index >= 15 is 0 Å². The van der Waals surface area contributed by atoms with Crippen LogP contribution in [0.1, 0.15) is 30.4 Å². The summed E-state index contributed by atoms with van der Waals surface area (Å²) in [5, 5.41) is 3.59. The first-order chi connectivity index (χ1) is 6.84. The van der Waals surface area contributed by atoms with Gasteiger partial charge in [-0.3, -0.25) is 0 Å². The number of aryl methyl sites for hydroxylation is 1. The Morgan fingerprint density at radius 3 is 2.87 bits per heavy atom. The van der Waals surface area contributed by atoms with Gasteiger partial charge < -0.3 is 5.32 Å². The highest BCUT2D eigenvalue weighted by molar-refractivity contribution is 5.85. The average molecular weight is 226 g/mol. The third kappa shape index (κ3) is 3.84. The van der Waals surface area contributed by atoms with E-state index in [-0.39, 0.29) is 12.4 Å². The molecule has 1 N–H and O–H groups in total. The Bertz CT molecular complexity index is 292. The molecule has 1 aliphatic heterocycles. The van der Waals surface area contributed by atoms with E-state index < -0.39 is 0 Å². The molecule has 0 amide bonds. The topological polar surface area (TPSA) is 12.0 Å². The van der Waals surface area contributed by atoms with Gasteiger partial charge in [-0.15, -0.1) is 12.4 Å². The van der Waals surface area contributed by atoms with E-state index in [4.69, 9.17) is 0 Å². The second-order valence-corrected chi connectivity index (χ2v) is 4.34. The number of benzene rings is 1. The predicted octanol–water partition coefficient (Wildman–Crippen LogP) is 3.10. The van der Waals surface area contributed by atoms with Crippen LogP contribution in [-0.2, 0) is 6.42 Å². The van der Waals surface area contributed by atoms with Crippen molar-refractivity contribution in [3.8, 4) is 0 Å². The molecule has 2 heteroatoms. The van der Waals surface area contributed by atoms with Gasteiger partial charge in [0, 0.05) is 6.04 Å². The van der Waals surface area contributed by atoms with Crippen LogP contribution in [0.2, 0.25) is 0 Å². The third-order valence-corrected chi connectivity index (χ3v) is 2.98. The van der Waals surface area contributed by atoms with Crippen LogP contribution in [0.25, 0.3) is 0 Å². The molecule has 1 atom stereocenters. The smallest absolute Gasteiger partial charge is 0.0107 e. The summed E-state index contributed by atoms with van der Waals surface area (Å²) in [6, 6.07) is 9.58. The lowest BCUT2D eigenvalue weighted by Gasteiger charge is -2.23. The largest absolute Gasteiger partial charge is 0.314 e. The van der Waals surface area contributed by atoms with Crippen molar-refractivity contribution in [1.82, 2.24) is 5.32 Å². The summed E-state index contributed by atoms with van der Waals surface area (Å²) in [4.78, 5) is 0. The van der Waals surface area contributed by atoms with Crippen molar-refractivity contribution in [2.75, 3.05) is 6.54 Å². The molecule has 0 spiro atoms. The molecule has 84 valence electrons. The van der Waals surface area contributed by atoms with Crippen LogP contribution in [0.4, 0.5) is 0 Å². The van der Waals surface area contributed by atoms with Gasteiger partial charge in [0.1, 0.15) is 0 Å². The third-order valence-electron chi connectivity index (χ3n) is 2.98. The molecule has 15 heavy (non-hydrogen) atoms. The van der Waals surface area contributed by atoms with Crippen LogP contribution in [-0.4, -0.2) is 12.6 Å². The Morgan fingerprint density at radius 2 is 2.20 bits per heavy atom. The Labute approximate surface area is 98.7 Å². The molecule has 1 aromatic carbocycles. The number of piperidine rings is 1. The average Bonchev–Trinajstić information content (AvgIpc) is 2.19. The molecule has 1 nitrogen and oxygen atoms in total. The molecule has 2 rings (SSSR count). The fourth-order valence-electron chi connectivity index (χ4n) is 2.22. The molecule has 1 aliphatic rings. The van der Waals surface area contributed by atoms with E-state index in [1.165, 1.54) is 43.4 Å². The highest BCUT2D eigenvalue weighted by atomic mass is 35.5. The van der Waals surface area contributed by atoms with Gasteiger partial charge in [0.15, 0.2) is 0 Å². The van der Waals surface area contributed by atoms with Crippen molar-refractivity contribution in [1.29, 1.82) is 0 Å². The van der Waals surface area contributed by atoms with Crippen molar-refractivity contribution in [2.24, 2.45) is 0 Å². The lowest BCUT2D eigenvalue weighted by Crippen LogP contribution is -2.35. The number of hydrogen-bond acceptors (Lipinski definition) is 1. The summed E-state index contributed by atoms with van der Waals surface area (Å²) >= 11 is 0. The lowest BCUT2D eigenvalue weighted by molar-refractivity contribution is 0.399. The van der Waals surface area contributed by atoms with E-state index in [1.54, 1.807) is 0 Å². The zero-order valence-electron chi connectivity index (χ0n) is 9.33. The second-order valence-electron chi connectivity index (χ2n) is 4.34. The van der Waals surface area contributed by atoms with Gasteiger partial charge in [0.25, 0.3) is 0 Å². The van der Waals surface area contributed by atoms with Gasteiger partial charge in [0.05, 0.1) is 0 Å². The number of rotatable bonds is 2. The van der Waals surface area contributed by atoms with Crippen molar-refractivity contribution in [3.63, 3.8) is 0 Å². The summed E-state index contributed by atoms with van der Waals surface area (Å²) < 4.78 is 0. The minimum absolute atomic E-state index is 0. The summed E-state index contributed by atoms with van der Waals surface area (Å²) in [6.07, 6.45) is 5.28. The molecule has 1 fully saturated rings. The molecule has 1 aromatic rings. The zero-order valence-corrected chi connectivity index (χ0v) is 10.1. The Morgan fingerprint density at radius 1 is 1.33 bits per heavy atom. The molecule has 0 radical (unpaired) electrons. The fourth-order valence-corrected chi connectivity index (χ4v) is 2.22. The van der Waals surface area contributed by atoms with Crippen molar-refractivity contribution < 1.29 is 0 Å². The number of halogens is 1. The van der Waals surface area contributed by atoms with Crippen LogP contribution >= 0.6 is 12.4 Å². The molecule has 1 saturated heterocycles. The van der Waals surface area contributed by atoms with Gasteiger partial charge in [-0.25, -0.2) is 0 Å². The molecule has 1 unspecified atom stereocenters. The first-order valence-corrected chi connectivity index (χ1v) is 5.63. The number of hydrogen-bond donors (Lipinski definition) is 1. The Hall–Kier alpha value is -0.530. The fraction of sp³-hybridized carbons (Fsp3) is 0.538. The maximum absolute atomic E-state index is 3.59. The summed E-state index contributed by atoms with van der Waals surface area (Å²) in [5.74, 6) is 0. The molecule has 0 bridgehead atoms. The van der Waals surface area contributed by atoms with Crippen molar-refractivity contribution in [3.05, 3.63) is 35.4 Å². The van der Waals surface area contributed by atoms with Crippen LogP contribution in [0.15, 0.2) is 24.3 Å². The lowest BCUT2D eigenvalue weighted by atomic mass is 9.97. The minimum atomic E-state index is 0. The van der Waals surface area contributed by atoms with E-state index in [9.17, 15) is 0 Å². The summed E-state index contributed by atoms with van der Waals surface area (Å²) in [6.45, 7) is 3.37. The molecular weight excluding hydrogens is 206 g/mol.